The molecule has 2 N–H and O–H groups in total. The summed E-state index contributed by atoms with van der Waals surface area (Å²) < 4.78 is 10.4. The first-order chi connectivity index (χ1) is 14.3. The molecule has 0 aliphatic carbocycles. The molecule has 0 aromatic heterocycles. The third kappa shape index (κ3) is 16.6. The second kappa shape index (κ2) is 21.1. The lowest BCUT2D eigenvalue weighted by molar-refractivity contribution is -0.148. The van der Waals surface area contributed by atoms with Crippen LogP contribution >= 0.6 is 0 Å². The van der Waals surface area contributed by atoms with Gasteiger partial charge in [0.15, 0.2) is 0 Å². The molecule has 0 bridgehead atoms. The number of esters is 2. The quantitative estimate of drug-likeness (QED) is 0.273. The summed E-state index contributed by atoms with van der Waals surface area (Å²) in [6, 6.07) is -0.303. The maximum atomic E-state index is 11.7. The van der Waals surface area contributed by atoms with Crippen molar-refractivity contribution in [1.29, 1.82) is 0 Å². The minimum atomic E-state index is -0.156. The van der Waals surface area contributed by atoms with Crippen LogP contribution in [-0.4, -0.2) is 51.3 Å². The third-order valence-corrected chi connectivity index (χ3v) is 5.10. The Morgan fingerprint density at radius 1 is 0.767 bits per heavy atom. The van der Waals surface area contributed by atoms with Crippen molar-refractivity contribution in [1.82, 2.24) is 10.6 Å². The summed E-state index contributed by atoms with van der Waals surface area (Å²) in [5.41, 5.74) is 0. The molecular formula is C24H50N2O4. The molecule has 3 atom stereocenters. The Labute approximate surface area is 186 Å². The Hall–Kier alpha value is -1.14. The Balaban J connectivity index is 0. The monoisotopic (exact) mass is 430 g/mol. The summed E-state index contributed by atoms with van der Waals surface area (Å²) in [6.45, 7) is 13.7. The van der Waals surface area contributed by atoms with E-state index in [-0.39, 0.29) is 24.0 Å². The Kier molecular flexibility index (Phi) is 21.8. The highest BCUT2D eigenvalue weighted by Gasteiger charge is 2.23. The summed E-state index contributed by atoms with van der Waals surface area (Å²) in [4.78, 5) is 23.2. The van der Waals surface area contributed by atoms with Crippen molar-refractivity contribution in [2.45, 2.75) is 105 Å². The minimum Gasteiger partial charge on any atom is -0.465 e. The highest BCUT2D eigenvalue weighted by molar-refractivity contribution is 5.76. The molecule has 6 nitrogen and oxygen atoms in total. The predicted molar refractivity (Wildman–Crippen MR) is 126 cm³/mol. The van der Waals surface area contributed by atoms with Gasteiger partial charge < -0.3 is 20.1 Å². The Morgan fingerprint density at radius 2 is 1.27 bits per heavy atom. The molecule has 0 heterocycles. The smallest absolute Gasteiger partial charge is 0.323 e. The van der Waals surface area contributed by atoms with E-state index < -0.39 is 0 Å². The summed E-state index contributed by atoms with van der Waals surface area (Å²) in [7, 11) is 3.62. The number of hydrogen-bond acceptors (Lipinski definition) is 6. The molecule has 0 spiro atoms. The lowest BCUT2D eigenvalue weighted by Crippen LogP contribution is -2.40. The molecule has 0 aliphatic heterocycles. The molecule has 0 saturated carbocycles. The van der Waals surface area contributed by atoms with Gasteiger partial charge in [-0.2, -0.15) is 0 Å². The number of unbranched alkanes of at least 4 members (excludes halogenated alkanes) is 4. The Bertz CT molecular complexity index is 416. The molecule has 6 heteroatoms. The SMILES string of the molecule is CCCCCOC(=O)[C@@H](NC)C(C)CC.CCCCCOC(=O)[C@H](CC(C)C)NC. The van der Waals surface area contributed by atoms with Gasteiger partial charge in [-0.3, -0.25) is 9.59 Å². The van der Waals surface area contributed by atoms with Gasteiger partial charge in [0, 0.05) is 0 Å². The fourth-order valence-corrected chi connectivity index (χ4v) is 2.91. The number of likely N-dealkylation sites (N-methyl/N-ethyl adjacent to an activating group) is 2. The van der Waals surface area contributed by atoms with Gasteiger partial charge in [-0.15, -0.1) is 0 Å². The zero-order valence-corrected chi connectivity index (χ0v) is 21.0. The van der Waals surface area contributed by atoms with Crippen LogP contribution in [0.2, 0.25) is 0 Å². The highest BCUT2D eigenvalue weighted by Crippen LogP contribution is 2.09. The fraction of sp³-hybridized carbons (Fsp3) is 0.917. The van der Waals surface area contributed by atoms with Gasteiger partial charge in [0.1, 0.15) is 12.1 Å². The summed E-state index contributed by atoms with van der Waals surface area (Å²) in [5.74, 6) is 0.615. The van der Waals surface area contributed by atoms with Crippen molar-refractivity contribution < 1.29 is 19.1 Å². The fourth-order valence-electron chi connectivity index (χ4n) is 2.91. The van der Waals surface area contributed by atoms with Gasteiger partial charge >= 0.3 is 11.9 Å². The van der Waals surface area contributed by atoms with Crippen molar-refractivity contribution in [2.75, 3.05) is 27.3 Å². The van der Waals surface area contributed by atoms with E-state index in [2.05, 4.69) is 52.2 Å². The van der Waals surface area contributed by atoms with Crippen molar-refractivity contribution >= 4 is 11.9 Å². The second-order valence-electron chi connectivity index (χ2n) is 8.37. The first-order valence-electron chi connectivity index (χ1n) is 12.0. The lowest BCUT2D eigenvalue weighted by Gasteiger charge is -2.20. The van der Waals surface area contributed by atoms with Crippen LogP contribution in [0.25, 0.3) is 0 Å². The standard InChI is InChI=1S/2C12H25NO2/c1-5-6-7-8-15-12(14)11(13-4)9-10(2)3;1-5-7-8-9-15-12(14)11(13-4)10(3)6-2/h2*10-11,13H,5-9H2,1-4H3/t11-;10?,11-/m00/s1. The highest BCUT2D eigenvalue weighted by atomic mass is 16.5. The van der Waals surface area contributed by atoms with Crippen LogP contribution in [-0.2, 0) is 19.1 Å². The zero-order chi connectivity index (χ0) is 23.4. The number of ether oxygens (including phenoxy) is 2. The first-order valence-corrected chi connectivity index (χ1v) is 12.0. The lowest BCUT2D eigenvalue weighted by atomic mass is 10.00. The molecule has 0 saturated heterocycles. The van der Waals surface area contributed by atoms with E-state index in [4.69, 9.17) is 9.47 Å². The van der Waals surface area contributed by atoms with Crippen LogP contribution in [0.5, 0.6) is 0 Å². The summed E-state index contributed by atoms with van der Waals surface area (Å²) in [5, 5.41) is 6.02. The van der Waals surface area contributed by atoms with E-state index in [0.29, 0.717) is 25.0 Å². The van der Waals surface area contributed by atoms with Crippen LogP contribution in [0, 0.1) is 11.8 Å². The van der Waals surface area contributed by atoms with Gasteiger partial charge in [0.2, 0.25) is 0 Å². The third-order valence-electron chi connectivity index (χ3n) is 5.10. The molecule has 0 aromatic carbocycles. The molecule has 30 heavy (non-hydrogen) atoms. The number of nitrogens with one attached hydrogen (secondary N) is 2. The average Bonchev–Trinajstić information content (AvgIpc) is 2.73. The topological polar surface area (TPSA) is 76.7 Å². The average molecular weight is 431 g/mol. The van der Waals surface area contributed by atoms with E-state index in [0.717, 1.165) is 51.4 Å². The summed E-state index contributed by atoms with van der Waals surface area (Å²) >= 11 is 0. The number of carbonyl (C=O) groups is 2. The molecule has 0 aromatic rings. The van der Waals surface area contributed by atoms with E-state index in [1.165, 1.54) is 0 Å². The van der Waals surface area contributed by atoms with Crippen molar-refractivity contribution in [2.24, 2.45) is 11.8 Å². The molecule has 0 aliphatic rings. The normalized spacial score (nSPS) is 13.8. The van der Waals surface area contributed by atoms with Gasteiger partial charge in [0.25, 0.3) is 0 Å². The maximum Gasteiger partial charge on any atom is 0.323 e. The number of hydrogen-bond donors (Lipinski definition) is 2. The molecular weight excluding hydrogens is 380 g/mol. The molecule has 0 amide bonds. The van der Waals surface area contributed by atoms with E-state index in [1.54, 1.807) is 7.05 Å². The van der Waals surface area contributed by atoms with Crippen LogP contribution < -0.4 is 10.6 Å². The maximum absolute atomic E-state index is 11.7. The number of rotatable bonds is 16. The first kappa shape index (κ1) is 31.0. The van der Waals surface area contributed by atoms with Crippen LogP contribution in [0.15, 0.2) is 0 Å². The van der Waals surface area contributed by atoms with Gasteiger partial charge in [-0.05, 0) is 45.2 Å². The number of carbonyl (C=O) groups excluding carboxylic acids is 2. The molecule has 180 valence electrons. The Morgan fingerprint density at radius 3 is 1.63 bits per heavy atom. The summed E-state index contributed by atoms with van der Waals surface area (Å²) in [6.07, 6.45) is 8.32. The van der Waals surface area contributed by atoms with E-state index in [9.17, 15) is 9.59 Å². The molecule has 0 rings (SSSR count). The van der Waals surface area contributed by atoms with E-state index in [1.807, 2.05) is 7.05 Å². The second-order valence-corrected chi connectivity index (χ2v) is 8.37. The molecule has 1 unspecified atom stereocenters. The predicted octanol–water partition coefficient (Wildman–Crippen LogP) is 4.71. The molecule has 0 radical (unpaired) electrons. The van der Waals surface area contributed by atoms with Crippen molar-refractivity contribution in [3.8, 4) is 0 Å². The molecule has 0 fully saturated rings. The van der Waals surface area contributed by atoms with Crippen LogP contribution in [0.1, 0.15) is 92.9 Å². The van der Waals surface area contributed by atoms with Gasteiger partial charge in [-0.25, -0.2) is 0 Å². The minimum absolute atomic E-state index is 0.108. The van der Waals surface area contributed by atoms with Crippen LogP contribution in [0.3, 0.4) is 0 Å². The van der Waals surface area contributed by atoms with Gasteiger partial charge in [-0.1, -0.05) is 73.6 Å². The largest absolute Gasteiger partial charge is 0.465 e. The van der Waals surface area contributed by atoms with Crippen molar-refractivity contribution in [3.63, 3.8) is 0 Å². The zero-order valence-electron chi connectivity index (χ0n) is 21.0. The van der Waals surface area contributed by atoms with Crippen LogP contribution in [0.4, 0.5) is 0 Å². The van der Waals surface area contributed by atoms with E-state index >= 15 is 0 Å². The van der Waals surface area contributed by atoms with Crippen molar-refractivity contribution in [3.05, 3.63) is 0 Å². The van der Waals surface area contributed by atoms with Gasteiger partial charge in [0.05, 0.1) is 13.2 Å².